The van der Waals surface area contributed by atoms with Crippen LogP contribution in [0.1, 0.15) is 53.5 Å². The minimum Gasteiger partial charge on any atom is -0.478 e. The van der Waals surface area contributed by atoms with Crippen molar-refractivity contribution in [2.45, 2.75) is 64.2 Å². The number of benzene rings is 2. The fourth-order valence-electron chi connectivity index (χ4n) is 6.08. The van der Waals surface area contributed by atoms with Gasteiger partial charge in [0.1, 0.15) is 12.1 Å². The van der Waals surface area contributed by atoms with Crippen LogP contribution in [0.4, 0.5) is 18.9 Å². The second kappa shape index (κ2) is 17.5. The lowest BCUT2D eigenvalue weighted by molar-refractivity contribution is -0.249. The van der Waals surface area contributed by atoms with Crippen molar-refractivity contribution in [2.24, 2.45) is 0 Å². The molecule has 0 spiro atoms. The number of likely N-dealkylation sites (N-methyl/N-ethyl adjacent to an activating group) is 1. The van der Waals surface area contributed by atoms with Crippen molar-refractivity contribution in [3.63, 3.8) is 0 Å². The Balaban J connectivity index is 1.38. The van der Waals surface area contributed by atoms with Crippen molar-refractivity contribution in [1.29, 1.82) is 10.5 Å². The van der Waals surface area contributed by atoms with E-state index in [2.05, 4.69) is 80.9 Å². The topological polar surface area (TPSA) is 93.9 Å². The van der Waals surface area contributed by atoms with E-state index < -0.39 is 42.7 Å². The molecule has 1 N–H and O–H groups in total. The van der Waals surface area contributed by atoms with E-state index in [1.165, 1.54) is 41.7 Å². The minimum absolute atomic E-state index is 0.162. The van der Waals surface area contributed by atoms with Crippen LogP contribution in [0.3, 0.4) is 0 Å². The molecule has 2 aromatic heterocycles. The molecular weight excluding hydrogens is 782 g/mol. The Bertz CT molecular complexity index is 2320. The molecule has 1 unspecified atom stereocenters. The second-order valence-corrected chi connectivity index (χ2v) is 21.8. The van der Waals surface area contributed by atoms with Gasteiger partial charge in [0.25, 0.3) is 0 Å². The number of alkyl halides is 3. The van der Waals surface area contributed by atoms with Gasteiger partial charge in [0, 0.05) is 49.4 Å². The number of hydrogen-bond donors (Lipinski definition) is 1. The van der Waals surface area contributed by atoms with E-state index in [-0.39, 0.29) is 17.2 Å². The first-order chi connectivity index (χ1) is 27.0. The zero-order chi connectivity index (χ0) is 41.6. The SMILES string of the molecule is [C-]#[N+]C1=C(C=Cc2sc(C=Cc3ccc(-c4ccc(N(CC)CCO[Si](C)(C)C(C)(C)C)cc4)s3)cc2CO)C(c2ccccc2)(C(F)(F)F)OC1=C(C#N)C#N. The summed E-state index contributed by atoms with van der Waals surface area (Å²) in [6.07, 6.45) is 1.26. The first-order valence-corrected chi connectivity index (χ1v) is 22.7. The predicted molar refractivity (Wildman–Crippen MR) is 226 cm³/mol. The molecule has 0 saturated heterocycles. The molecule has 7 nitrogen and oxygen atoms in total. The molecule has 5 rings (SSSR count). The average Bonchev–Trinajstić information content (AvgIpc) is 3.91. The standard InChI is InChI=1S/C44H43F3N4O3S2Si/c1-8-51(24-25-53-57(6,7)42(2,3)4)34-16-14-30(15-17-34)38-22-20-35(55-38)18-19-36-26-31(29-52)39(56-36)23-21-37-40(50-5)41(32(27-48)28-49)54-43(37,44(45,46)47)33-12-10-9-11-13-33/h9-23,26,52H,8,24-25,29H2,1-4,6-7H3. The molecule has 1 atom stereocenters. The summed E-state index contributed by atoms with van der Waals surface area (Å²) in [7, 11) is -1.82. The molecule has 0 fully saturated rings. The Morgan fingerprint density at radius 2 is 1.63 bits per heavy atom. The van der Waals surface area contributed by atoms with Gasteiger partial charge in [-0.3, -0.25) is 0 Å². The third-order valence-electron chi connectivity index (χ3n) is 10.2. The number of ether oxygens (including phenoxy) is 1. The van der Waals surface area contributed by atoms with E-state index in [1.54, 1.807) is 35.6 Å². The van der Waals surface area contributed by atoms with Gasteiger partial charge in [0.15, 0.2) is 19.6 Å². The van der Waals surface area contributed by atoms with E-state index in [4.69, 9.17) is 15.7 Å². The van der Waals surface area contributed by atoms with Crippen molar-refractivity contribution in [2.75, 3.05) is 24.6 Å². The van der Waals surface area contributed by atoms with Gasteiger partial charge in [-0.15, -0.1) is 22.7 Å². The monoisotopic (exact) mass is 824 g/mol. The van der Waals surface area contributed by atoms with Gasteiger partial charge in [-0.2, -0.15) is 23.7 Å². The maximum Gasteiger partial charge on any atom is 0.435 e. The average molecular weight is 825 g/mol. The number of rotatable bonds is 13. The number of aliphatic hydroxyl groups is 1. The number of allylic oxidation sites excluding steroid dienone is 1. The molecule has 1 aliphatic heterocycles. The third kappa shape index (κ3) is 9.02. The lowest BCUT2D eigenvalue weighted by Crippen LogP contribution is -2.43. The Kier molecular flexibility index (Phi) is 13.2. The van der Waals surface area contributed by atoms with Crippen LogP contribution in [0.5, 0.6) is 0 Å². The van der Waals surface area contributed by atoms with Gasteiger partial charge < -0.3 is 19.2 Å². The number of anilines is 1. The van der Waals surface area contributed by atoms with E-state index in [1.807, 2.05) is 18.2 Å². The first-order valence-electron chi connectivity index (χ1n) is 18.2. The van der Waals surface area contributed by atoms with E-state index in [9.17, 15) is 15.6 Å². The molecule has 0 aliphatic carbocycles. The van der Waals surface area contributed by atoms with Gasteiger partial charge in [-0.25, -0.2) is 4.85 Å². The molecule has 1 aliphatic rings. The smallest absolute Gasteiger partial charge is 0.435 e. The second-order valence-electron chi connectivity index (χ2n) is 14.7. The third-order valence-corrected chi connectivity index (χ3v) is 17.0. The van der Waals surface area contributed by atoms with Crippen LogP contribution in [-0.4, -0.2) is 39.3 Å². The summed E-state index contributed by atoms with van der Waals surface area (Å²) in [5, 5.41) is 29.4. The molecule has 2 aromatic carbocycles. The molecule has 0 radical (unpaired) electrons. The highest BCUT2D eigenvalue weighted by Gasteiger charge is 2.64. The summed E-state index contributed by atoms with van der Waals surface area (Å²) in [4.78, 5) is 8.93. The molecule has 57 heavy (non-hydrogen) atoms. The van der Waals surface area contributed by atoms with Crippen LogP contribution in [0.2, 0.25) is 18.1 Å². The van der Waals surface area contributed by atoms with Crippen LogP contribution < -0.4 is 4.90 Å². The molecule has 0 saturated carbocycles. The maximum atomic E-state index is 15.2. The maximum absolute atomic E-state index is 15.2. The lowest BCUT2D eigenvalue weighted by atomic mass is 9.85. The van der Waals surface area contributed by atoms with E-state index >= 15 is 13.2 Å². The fourth-order valence-corrected chi connectivity index (χ4v) is 9.01. The highest BCUT2D eigenvalue weighted by atomic mass is 32.1. The minimum atomic E-state index is -5.09. The number of nitriles is 2. The van der Waals surface area contributed by atoms with Crippen LogP contribution in [0.25, 0.3) is 33.5 Å². The van der Waals surface area contributed by atoms with Gasteiger partial charge >= 0.3 is 6.18 Å². The molecular formula is C44H43F3N4O3S2Si. The fraction of sp³-hybridized carbons (Fsp3) is 0.295. The van der Waals surface area contributed by atoms with Crippen LogP contribution in [0, 0.1) is 29.2 Å². The quantitative estimate of drug-likeness (QED) is 0.0820. The number of nitrogens with zero attached hydrogens (tertiary/aromatic N) is 4. The highest BCUT2D eigenvalue weighted by molar-refractivity contribution is 7.16. The largest absolute Gasteiger partial charge is 0.478 e. The number of aliphatic hydroxyl groups excluding tert-OH is 1. The zero-order valence-electron chi connectivity index (χ0n) is 32.6. The van der Waals surface area contributed by atoms with Crippen molar-refractivity contribution >= 4 is 54.9 Å². The van der Waals surface area contributed by atoms with Crippen molar-refractivity contribution < 1.29 is 27.4 Å². The van der Waals surface area contributed by atoms with Crippen LogP contribution in [0.15, 0.2) is 101 Å². The Hall–Kier alpha value is -5.20. The zero-order valence-corrected chi connectivity index (χ0v) is 35.2. The van der Waals surface area contributed by atoms with Gasteiger partial charge in [0.05, 0.1) is 19.8 Å². The highest BCUT2D eigenvalue weighted by Crippen LogP contribution is 2.56. The predicted octanol–water partition coefficient (Wildman–Crippen LogP) is 12.0. The molecule has 294 valence electrons. The molecule has 3 heterocycles. The van der Waals surface area contributed by atoms with Crippen molar-refractivity contribution in [3.8, 4) is 22.6 Å². The van der Waals surface area contributed by atoms with Crippen molar-refractivity contribution in [1.82, 2.24) is 0 Å². The van der Waals surface area contributed by atoms with Crippen molar-refractivity contribution in [3.05, 3.63) is 139 Å². The summed E-state index contributed by atoms with van der Waals surface area (Å²) < 4.78 is 57.5. The van der Waals surface area contributed by atoms with Gasteiger partial charge in [-0.05, 0) is 84.7 Å². The number of halogens is 3. The van der Waals surface area contributed by atoms with Crippen LogP contribution >= 0.6 is 22.7 Å². The Morgan fingerprint density at radius 1 is 0.965 bits per heavy atom. The molecule has 0 bridgehead atoms. The van der Waals surface area contributed by atoms with E-state index in [0.29, 0.717) is 17.0 Å². The summed E-state index contributed by atoms with van der Waals surface area (Å²) in [6.45, 7) is 23.2. The van der Waals surface area contributed by atoms with Gasteiger partial charge in [0.2, 0.25) is 11.3 Å². The summed E-state index contributed by atoms with van der Waals surface area (Å²) in [5.74, 6) is -0.732. The Morgan fingerprint density at radius 3 is 2.21 bits per heavy atom. The summed E-state index contributed by atoms with van der Waals surface area (Å²) >= 11 is 2.87. The normalized spacial score (nSPS) is 16.2. The van der Waals surface area contributed by atoms with E-state index in [0.717, 1.165) is 45.0 Å². The lowest BCUT2D eigenvalue weighted by Gasteiger charge is -2.37. The summed E-state index contributed by atoms with van der Waals surface area (Å²) in [5.41, 5.74) is -2.69. The van der Waals surface area contributed by atoms with Gasteiger partial charge in [-0.1, -0.05) is 69.3 Å². The summed E-state index contributed by atoms with van der Waals surface area (Å²) in [6, 6.07) is 24.2. The first kappa shape index (κ1) is 42.9. The Labute approximate surface area is 341 Å². The molecule has 13 heteroatoms. The van der Waals surface area contributed by atoms with Crippen LogP contribution in [-0.2, 0) is 21.4 Å². The number of thiophene rings is 2. The molecule has 0 amide bonds. The number of hydrogen-bond acceptors (Lipinski definition) is 8. The molecule has 4 aromatic rings.